The maximum atomic E-state index is 13.3. The molecular weight excluding hydrogens is 579 g/mol. The van der Waals surface area contributed by atoms with Gasteiger partial charge in [-0.1, -0.05) is 81.1 Å². The van der Waals surface area contributed by atoms with Crippen molar-refractivity contribution in [1.29, 1.82) is 0 Å². The lowest BCUT2D eigenvalue weighted by atomic mass is 9.72. The first-order valence-electron chi connectivity index (χ1n) is 13.8. The van der Waals surface area contributed by atoms with Crippen LogP contribution >= 0.6 is 23.2 Å². The van der Waals surface area contributed by atoms with Crippen molar-refractivity contribution in [2.45, 2.75) is 76.2 Å². The molecule has 4 aromatic rings. The van der Waals surface area contributed by atoms with Crippen LogP contribution in [0.2, 0.25) is 10.0 Å². The molecule has 0 aliphatic carbocycles. The molecule has 3 N–H and O–H groups in total. The summed E-state index contributed by atoms with van der Waals surface area (Å²) in [5, 5.41) is 14.3. The molecule has 218 valence electrons. The Bertz CT molecular complexity index is 1650. The van der Waals surface area contributed by atoms with Gasteiger partial charge in [-0.25, -0.2) is 13.6 Å². The van der Waals surface area contributed by atoms with E-state index in [1.807, 2.05) is 24.3 Å². The minimum Gasteiger partial charge on any atom is -0.326 e. The third-order valence-corrected chi connectivity index (χ3v) is 9.50. The highest BCUT2D eigenvalue weighted by atomic mass is 35.5. The van der Waals surface area contributed by atoms with Gasteiger partial charge < -0.3 is 5.32 Å². The zero-order valence-corrected chi connectivity index (χ0v) is 25.9. The summed E-state index contributed by atoms with van der Waals surface area (Å²) in [5.74, 6) is -0.320. The van der Waals surface area contributed by atoms with Gasteiger partial charge >= 0.3 is 0 Å². The Morgan fingerprint density at radius 2 is 1.73 bits per heavy atom. The zero-order chi connectivity index (χ0) is 29.8. The number of hydrogen-bond donors (Lipinski definition) is 2. The highest BCUT2D eigenvalue weighted by molar-refractivity contribution is 7.89. The summed E-state index contributed by atoms with van der Waals surface area (Å²) in [5.41, 5.74) is 3.69. The molecule has 3 aromatic carbocycles. The molecular formula is C31H36Cl2N4O3S. The standard InChI is InChI=1S/C31H36Cl2N4O3S/c1-4-7-14-31(5-2,6-3)23-10-13-27(33)22(15-23)16-30(38)36-25-17-28-26(29(18-25)41(34,39)40)19-35-37(28)20-21-8-11-24(32)12-9-21/h8-13,15,17-19H,4-7,14,16,20H2,1-3H3,(H,36,38)(H2,34,39,40). The molecule has 41 heavy (non-hydrogen) atoms. The molecule has 1 aromatic heterocycles. The monoisotopic (exact) mass is 614 g/mol. The normalized spacial score (nSPS) is 12.1. The van der Waals surface area contributed by atoms with Gasteiger partial charge in [-0.2, -0.15) is 5.10 Å². The zero-order valence-electron chi connectivity index (χ0n) is 23.6. The minimum atomic E-state index is -4.10. The lowest BCUT2D eigenvalue weighted by Crippen LogP contribution is -2.25. The second-order valence-electron chi connectivity index (χ2n) is 10.5. The maximum Gasteiger partial charge on any atom is 0.238 e. The molecule has 4 rings (SSSR count). The van der Waals surface area contributed by atoms with E-state index in [0.717, 1.165) is 43.2 Å². The Morgan fingerprint density at radius 1 is 1.02 bits per heavy atom. The fraction of sp³-hybridized carbons (Fsp3) is 0.355. The Balaban J connectivity index is 1.64. The van der Waals surface area contributed by atoms with Crippen LogP contribution in [0.3, 0.4) is 0 Å². The summed E-state index contributed by atoms with van der Waals surface area (Å²) < 4.78 is 26.6. The van der Waals surface area contributed by atoms with Crippen molar-refractivity contribution in [3.63, 3.8) is 0 Å². The second kappa shape index (κ2) is 12.9. The number of anilines is 1. The van der Waals surface area contributed by atoms with E-state index in [1.54, 1.807) is 22.9 Å². The van der Waals surface area contributed by atoms with E-state index < -0.39 is 10.0 Å². The van der Waals surface area contributed by atoms with Gasteiger partial charge in [0.15, 0.2) is 0 Å². The number of unbranched alkanes of at least 4 members (excludes halogenated alkanes) is 1. The van der Waals surface area contributed by atoms with Crippen LogP contribution in [0.1, 0.15) is 69.6 Å². The second-order valence-corrected chi connectivity index (χ2v) is 12.9. The number of fused-ring (bicyclic) bond motifs is 1. The van der Waals surface area contributed by atoms with Gasteiger partial charge in [0.05, 0.1) is 29.6 Å². The summed E-state index contributed by atoms with van der Waals surface area (Å²) in [7, 11) is -4.10. The van der Waals surface area contributed by atoms with E-state index >= 15 is 0 Å². The molecule has 7 nitrogen and oxygen atoms in total. The van der Waals surface area contributed by atoms with Crippen LogP contribution in [-0.2, 0) is 33.2 Å². The van der Waals surface area contributed by atoms with E-state index in [9.17, 15) is 13.2 Å². The number of aromatic nitrogens is 2. The summed E-state index contributed by atoms with van der Waals surface area (Å²) in [4.78, 5) is 13.2. The van der Waals surface area contributed by atoms with Crippen molar-refractivity contribution in [3.8, 4) is 0 Å². The Labute approximate surface area is 252 Å². The minimum absolute atomic E-state index is 0.0315. The van der Waals surface area contributed by atoms with Gasteiger partial charge in [0.2, 0.25) is 15.9 Å². The molecule has 0 unspecified atom stereocenters. The summed E-state index contributed by atoms with van der Waals surface area (Å²) in [6.07, 6.45) is 6.82. The predicted molar refractivity (Wildman–Crippen MR) is 167 cm³/mol. The third-order valence-electron chi connectivity index (χ3n) is 7.93. The first-order valence-corrected chi connectivity index (χ1v) is 16.2. The van der Waals surface area contributed by atoms with Crippen LogP contribution in [-0.4, -0.2) is 24.1 Å². The molecule has 0 aliphatic heterocycles. The number of amides is 1. The van der Waals surface area contributed by atoms with Gasteiger partial charge in [0.25, 0.3) is 0 Å². The maximum absolute atomic E-state index is 13.3. The number of halogens is 2. The van der Waals surface area contributed by atoms with Crippen LogP contribution in [0.4, 0.5) is 5.69 Å². The SMILES string of the molecule is CCCCC(CC)(CC)c1ccc(Cl)c(CC(=O)Nc2cc(S(N)(=O)=O)c3cnn(Cc4ccc(Cl)cc4)c3c2)c1. The quantitative estimate of drug-likeness (QED) is 0.172. The number of nitrogens with two attached hydrogens (primary N) is 1. The van der Waals surface area contributed by atoms with Crippen LogP contribution in [0.15, 0.2) is 65.7 Å². The van der Waals surface area contributed by atoms with E-state index in [-0.39, 0.29) is 22.6 Å². The Hall–Kier alpha value is -2.91. The molecule has 0 atom stereocenters. The van der Waals surface area contributed by atoms with E-state index in [0.29, 0.717) is 33.2 Å². The van der Waals surface area contributed by atoms with Crippen molar-refractivity contribution >= 4 is 55.7 Å². The molecule has 0 bridgehead atoms. The lowest BCUT2D eigenvalue weighted by molar-refractivity contribution is -0.115. The first kappa shape index (κ1) is 31.0. The molecule has 0 saturated heterocycles. The van der Waals surface area contributed by atoms with Crippen LogP contribution in [0.5, 0.6) is 0 Å². The highest BCUT2D eigenvalue weighted by Gasteiger charge is 2.28. The Kier molecular flexibility index (Phi) is 9.80. The number of benzene rings is 3. The Morgan fingerprint density at radius 3 is 2.37 bits per heavy atom. The molecule has 0 saturated carbocycles. The molecule has 0 spiro atoms. The molecule has 0 radical (unpaired) electrons. The van der Waals surface area contributed by atoms with E-state index in [4.69, 9.17) is 28.3 Å². The number of hydrogen-bond acceptors (Lipinski definition) is 4. The third kappa shape index (κ3) is 7.12. The van der Waals surface area contributed by atoms with Gasteiger partial charge in [0, 0.05) is 21.1 Å². The van der Waals surface area contributed by atoms with Crippen LogP contribution < -0.4 is 10.5 Å². The largest absolute Gasteiger partial charge is 0.326 e. The van der Waals surface area contributed by atoms with Crippen molar-refractivity contribution in [1.82, 2.24) is 9.78 Å². The van der Waals surface area contributed by atoms with Crippen molar-refractivity contribution in [3.05, 3.63) is 87.5 Å². The molecule has 10 heteroatoms. The number of nitrogens with zero attached hydrogens (tertiary/aromatic N) is 2. The summed E-state index contributed by atoms with van der Waals surface area (Å²) in [6, 6.07) is 16.3. The van der Waals surface area contributed by atoms with Crippen molar-refractivity contribution in [2.24, 2.45) is 5.14 Å². The smallest absolute Gasteiger partial charge is 0.238 e. The summed E-state index contributed by atoms with van der Waals surface area (Å²) >= 11 is 12.6. The van der Waals surface area contributed by atoms with Gasteiger partial charge in [0.1, 0.15) is 0 Å². The van der Waals surface area contributed by atoms with Crippen LogP contribution in [0, 0.1) is 0 Å². The van der Waals surface area contributed by atoms with Gasteiger partial charge in [-0.15, -0.1) is 0 Å². The highest BCUT2D eigenvalue weighted by Crippen LogP contribution is 2.38. The number of sulfonamides is 1. The van der Waals surface area contributed by atoms with E-state index in [2.05, 4.69) is 37.3 Å². The number of carbonyl (C=O) groups is 1. The molecule has 0 fully saturated rings. The number of rotatable bonds is 12. The van der Waals surface area contributed by atoms with Crippen molar-refractivity contribution < 1.29 is 13.2 Å². The van der Waals surface area contributed by atoms with Crippen LogP contribution in [0.25, 0.3) is 10.9 Å². The average Bonchev–Trinajstić information content (AvgIpc) is 3.33. The van der Waals surface area contributed by atoms with Gasteiger partial charge in [-0.3, -0.25) is 9.48 Å². The average molecular weight is 616 g/mol. The lowest BCUT2D eigenvalue weighted by Gasteiger charge is -2.33. The molecule has 0 aliphatic rings. The number of primary sulfonamides is 1. The summed E-state index contributed by atoms with van der Waals surface area (Å²) in [6.45, 7) is 6.98. The molecule has 1 amide bonds. The predicted octanol–water partition coefficient (Wildman–Crippen LogP) is 7.47. The number of carbonyl (C=O) groups excluding carboxylic acids is 1. The number of nitrogens with one attached hydrogen (secondary N) is 1. The fourth-order valence-corrected chi connectivity index (χ4v) is 6.50. The fourth-order valence-electron chi connectivity index (χ4n) is 5.43. The van der Waals surface area contributed by atoms with Crippen molar-refractivity contribution in [2.75, 3.05) is 5.32 Å². The van der Waals surface area contributed by atoms with E-state index in [1.165, 1.54) is 17.8 Å². The topological polar surface area (TPSA) is 107 Å². The first-order chi connectivity index (χ1) is 19.5. The van der Waals surface area contributed by atoms with Gasteiger partial charge in [-0.05, 0) is 71.7 Å². The molecule has 1 heterocycles.